The highest BCUT2D eigenvalue weighted by Crippen LogP contribution is 2.27. The SMILES string of the molecule is O=C(N[C@@H]1CCN(c2c(F)cccc2F)C1)N1CCC(CO)CC1. The van der Waals surface area contributed by atoms with Crippen LogP contribution in [0, 0.1) is 17.6 Å². The second kappa shape index (κ2) is 7.34. The van der Waals surface area contributed by atoms with Crippen LogP contribution < -0.4 is 10.2 Å². The number of carbonyl (C=O) groups is 1. The number of piperidine rings is 1. The molecule has 0 spiro atoms. The van der Waals surface area contributed by atoms with Crippen molar-refractivity contribution >= 4 is 11.7 Å². The second-order valence-corrected chi connectivity index (χ2v) is 6.56. The van der Waals surface area contributed by atoms with Gasteiger partial charge in [0.05, 0.1) is 0 Å². The molecular weight excluding hydrogens is 316 g/mol. The fourth-order valence-corrected chi connectivity index (χ4v) is 3.46. The number of likely N-dealkylation sites (tertiary alicyclic amines) is 1. The van der Waals surface area contributed by atoms with Gasteiger partial charge < -0.3 is 20.2 Å². The zero-order chi connectivity index (χ0) is 17.1. The molecule has 3 rings (SSSR count). The summed E-state index contributed by atoms with van der Waals surface area (Å²) in [4.78, 5) is 15.7. The van der Waals surface area contributed by atoms with Crippen molar-refractivity contribution in [3.05, 3.63) is 29.8 Å². The lowest BCUT2D eigenvalue weighted by atomic mass is 9.98. The molecule has 2 amide bonds. The van der Waals surface area contributed by atoms with E-state index in [4.69, 9.17) is 5.11 Å². The van der Waals surface area contributed by atoms with Crippen LogP contribution in [-0.2, 0) is 0 Å². The number of nitrogens with one attached hydrogen (secondary N) is 1. The van der Waals surface area contributed by atoms with Crippen molar-refractivity contribution in [2.75, 3.05) is 37.7 Å². The largest absolute Gasteiger partial charge is 0.396 e. The summed E-state index contributed by atoms with van der Waals surface area (Å²) in [5.74, 6) is -0.874. The summed E-state index contributed by atoms with van der Waals surface area (Å²) < 4.78 is 27.7. The lowest BCUT2D eigenvalue weighted by Crippen LogP contribution is -2.48. The molecule has 2 aliphatic rings. The van der Waals surface area contributed by atoms with Crippen LogP contribution in [0.4, 0.5) is 19.3 Å². The molecule has 0 saturated carbocycles. The monoisotopic (exact) mass is 339 g/mol. The van der Waals surface area contributed by atoms with Gasteiger partial charge in [-0.3, -0.25) is 0 Å². The molecule has 7 heteroatoms. The van der Waals surface area contributed by atoms with E-state index < -0.39 is 11.6 Å². The normalized spacial score (nSPS) is 22.0. The summed E-state index contributed by atoms with van der Waals surface area (Å²) in [6.07, 6.45) is 2.27. The third-order valence-corrected chi connectivity index (χ3v) is 4.93. The van der Waals surface area contributed by atoms with E-state index in [1.165, 1.54) is 18.2 Å². The molecule has 2 N–H and O–H groups in total. The Labute approximate surface area is 140 Å². The number of nitrogens with zero attached hydrogens (tertiary/aromatic N) is 2. The standard InChI is InChI=1S/C17H23F2N3O2/c18-14-2-1-3-15(19)16(14)22-9-6-13(10-22)20-17(24)21-7-4-12(11-23)5-8-21/h1-3,12-13,23H,4-11H2,(H,20,24)/t13-/m1/s1. The first-order valence-corrected chi connectivity index (χ1v) is 8.43. The predicted octanol–water partition coefficient (Wildman–Crippen LogP) is 1.96. The van der Waals surface area contributed by atoms with E-state index in [2.05, 4.69) is 5.32 Å². The second-order valence-electron chi connectivity index (χ2n) is 6.56. The van der Waals surface area contributed by atoms with E-state index in [9.17, 15) is 13.6 Å². The lowest BCUT2D eigenvalue weighted by molar-refractivity contribution is 0.136. The Morgan fingerprint density at radius 3 is 2.46 bits per heavy atom. The molecular formula is C17H23F2N3O2. The Morgan fingerprint density at radius 2 is 1.83 bits per heavy atom. The van der Waals surface area contributed by atoms with Gasteiger partial charge >= 0.3 is 6.03 Å². The molecule has 24 heavy (non-hydrogen) atoms. The van der Waals surface area contributed by atoms with Crippen LogP contribution >= 0.6 is 0 Å². The zero-order valence-corrected chi connectivity index (χ0v) is 13.5. The van der Waals surface area contributed by atoms with Gasteiger partial charge in [-0.2, -0.15) is 0 Å². The van der Waals surface area contributed by atoms with Gasteiger partial charge in [0.2, 0.25) is 0 Å². The molecule has 1 aromatic carbocycles. The fraction of sp³-hybridized carbons (Fsp3) is 0.588. The number of halogens is 2. The third kappa shape index (κ3) is 3.61. The van der Waals surface area contributed by atoms with Crippen molar-refractivity contribution in [3.63, 3.8) is 0 Å². The Hall–Kier alpha value is -1.89. The minimum Gasteiger partial charge on any atom is -0.396 e. The number of urea groups is 1. The van der Waals surface area contributed by atoms with Crippen molar-refractivity contribution in [2.24, 2.45) is 5.92 Å². The number of carbonyl (C=O) groups excluding carboxylic acids is 1. The minimum atomic E-state index is -0.576. The van der Waals surface area contributed by atoms with Crippen LogP contribution in [-0.4, -0.2) is 54.9 Å². The molecule has 0 aromatic heterocycles. The van der Waals surface area contributed by atoms with E-state index in [1.54, 1.807) is 9.80 Å². The van der Waals surface area contributed by atoms with Gasteiger partial charge in [-0.25, -0.2) is 13.6 Å². The Kier molecular flexibility index (Phi) is 5.18. The molecule has 132 valence electrons. The predicted molar refractivity (Wildman–Crippen MR) is 86.9 cm³/mol. The highest BCUT2D eigenvalue weighted by Gasteiger charge is 2.29. The Bertz CT molecular complexity index is 571. The average Bonchev–Trinajstić information content (AvgIpc) is 3.03. The molecule has 2 aliphatic heterocycles. The number of aliphatic hydroxyl groups excluding tert-OH is 1. The van der Waals surface area contributed by atoms with Gasteiger partial charge in [-0.1, -0.05) is 6.07 Å². The molecule has 0 unspecified atom stereocenters. The molecule has 5 nitrogen and oxygen atoms in total. The molecule has 1 atom stereocenters. The quantitative estimate of drug-likeness (QED) is 0.885. The zero-order valence-electron chi connectivity index (χ0n) is 13.5. The topological polar surface area (TPSA) is 55.8 Å². The summed E-state index contributed by atoms with van der Waals surface area (Å²) in [6, 6.07) is 3.59. The van der Waals surface area contributed by atoms with Crippen LogP contribution in [0.25, 0.3) is 0 Å². The van der Waals surface area contributed by atoms with E-state index in [0.717, 1.165) is 12.8 Å². The summed E-state index contributed by atoms with van der Waals surface area (Å²) in [5.41, 5.74) is -0.0157. The molecule has 2 heterocycles. The van der Waals surface area contributed by atoms with Crippen LogP contribution in [0.1, 0.15) is 19.3 Å². The highest BCUT2D eigenvalue weighted by molar-refractivity contribution is 5.74. The van der Waals surface area contributed by atoms with Gasteiger partial charge in [0, 0.05) is 38.8 Å². The first-order chi connectivity index (χ1) is 11.6. The first kappa shape index (κ1) is 17.0. The summed E-state index contributed by atoms with van der Waals surface area (Å²) in [5, 5.41) is 12.1. The maximum atomic E-state index is 13.9. The molecule has 2 saturated heterocycles. The summed E-state index contributed by atoms with van der Waals surface area (Å²) >= 11 is 0. The molecule has 0 radical (unpaired) electrons. The molecule has 0 aliphatic carbocycles. The van der Waals surface area contributed by atoms with Gasteiger partial charge in [-0.05, 0) is 37.3 Å². The number of rotatable bonds is 3. The van der Waals surface area contributed by atoms with E-state index in [1.807, 2.05) is 0 Å². The summed E-state index contributed by atoms with van der Waals surface area (Å²) in [6.45, 7) is 2.35. The molecule has 1 aromatic rings. The smallest absolute Gasteiger partial charge is 0.317 e. The van der Waals surface area contributed by atoms with Crippen LogP contribution in [0.2, 0.25) is 0 Å². The van der Waals surface area contributed by atoms with Crippen molar-refractivity contribution < 1.29 is 18.7 Å². The number of anilines is 1. The molecule has 2 fully saturated rings. The third-order valence-electron chi connectivity index (χ3n) is 4.93. The van der Waals surface area contributed by atoms with E-state index >= 15 is 0 Å². The fourth-order valence-electron chi connectivity index (χ4n) is 3.46. The van der Waals surface area contributed by atoms with Crippen molar-refractivity contribution in [1.82, 2.24) is 10.2 Å². The number of aliphatic hydroxyl groups is 1. The maximum Gasteiger partial charge on any atom is 0.317 e. The number of hydrogen-bond acceptors (Lipinski definition) is 3. The highest BCUT2D eigenvalue weighted by atomic mass is 19.1. The number of amides is 2. The Balaban J connectivity index is 1.54. The maximum absolute atomic E-state index is 13.9. The van der Waals surface area contributed by atoms with Gasteiger partial charge in [0.1, 0.15) is 17.3 Å². The van der Waals surface area contributed by atoms with E-state index in [-0.39, 0.29) is 30.3 Å². The number of benzene rings is 1. The first-order valence-electron chi connectivity index (χ1n) is 8.43. The molecule has 0 bridgehead atoms. The van der Waals surface area contributed by atoms with Gasteiger partial charge in [0.25, 0.3) is 0 Å². The van der Waals surface area contributed by atoms with Crippen LogP contribution in [0.15, 0.2) is 18.2 Å². The minimum absolute atomic E-state index is 0.0157. The van der Waals surface area contributed by atoms with Crippen molar-refractivity contribution in [3.8, 4) is 0 Å². The van der Waals surface area contributed by atoms with Crippen LogP contribution in [0.3, 0.4) is 0 Å². The summed E-state index contributed by atoms with van der Waals surface area (Å²) in [7, 11) is 0. The van der Waals surface area contributed by atoms with Crippen molar-refractivity contribution in [1.29, 1.82) is 0 Å². The average molecular weight is 339 g/mol. The van der Waals surface area contributed by atoms with E-state index in [0.29, 0.717) is 32.6 Å². The van der Waals surface area contributed by atoms with Crippen LogP contribution in [0.5, 0.6) is 0 Å². The number of hydrogen-bond donors (Lipinski definition) is 2. The van der Waals surface area contributed by atoms with Gasteiger partial charge in [-0.15, -0.1) is 0 Å². The van der Waals surface area contributed by atoms with Crippen molar-refractivity contribution in [2.45, 2.75) is 25.3 Å². The lowest BCUT2D eigenvalue weighted by Gasteiger charge is -2.32. The number of para-hydroxylation sites is 1. The van der Waals surface area contributed by atoms with Gasteiger partial charge in [0.15, 0.2) is 0 Å². The Morgan fingerprint density at radius 1 is 1.17 bits per heavy atom.